The lowest BCUT2D eigenvalue weighted by Gasteiger charge is -2.38. The van der Waals surface area contributed by atoms with Crippen molar-refractivity contribution >= 4 is 5.97 Å². The van der Waals surface area contributed by atoms with Crippen LogP contribution < -0.4 is 0 Å². The highest BCUT2D eigenvalue weighted by molar-refractivity contribution is 5.74. The van der Waals surface area contributed by atoms with Crippen LogP contribution in [-0.2, 0) is 19.0 Å². The Morgan fingerprint density at radius 2 is 1.27 bits per heavy atom. The van der Waals surface area contributed by atoms with E-state index in [1.165, 1.54) is 0 Å². The molecule has 0 radical (unpaired) electrons. The maximum absolute atomic E-state index is 12.6. The van der Waals surface area contributed by atoms with E-state index in [4.69, 9.17) is 14.2 Å². The van der Waals surface area contributed by atoms with Crippen LogP contribution in [0.2, 0.25) is 0 Å². The summed E-state index contributed by atoms with van der Waals surface area (Å²) >= 11 is 0. The van der Waals surface area contributed by atoms with E-state index in [9.17, 15) is 18.0 Å². The fourth-order valence-electron chi connectivity index (χ4n) is 2.13. The van der Waals surface area contributed by atoms with Crippen LogP contribution in [0.4, 0.5) is 13.2 Å². The van der Waals surface area contributed by atoms with Crippen molar-refractivity contribution in [3.05, 3.63) is 12.0 Å². The van der Waals surface area contributed by atoms with Crippen LogP contribution in [0.5, 0.6) is 0 Å². The molecule has 30 heavy (non-hydrogen) atoms. The molecule has 0 aliphatic carbocycles. The second-order valence-electron chi connectivity index (χ2n) is 10.4. The summed E-state index contributed by atoms with van der Waals surface area (Å²) in [5.41, 5.74) is -1.00. The molecule has 0 N–H and O–H groups in total. The summed E-state index contributed by atoms with van der Waals surface area (Å²) in [5.74, 6) is -2.56. The molecule has 9 heteroatoms. The second-order valence-corrected chi connectivity index (χ2v) is 10.4. The number of hydrogen-bond acceptors (Lipinski definition) is 6. The van der Waals surface area contributed by atoms with Crippen molar-refractivity contribution in [2.75, 3.05) is 27.2 Å². The number of esters is 1. The van der Waals surface area contributed by atoms with Gasteiger partial charge in [-0.2, -0.15) is 13.2 Å². The molecule has 1 heterocycles. The highest BCUT2D eigenvalue weighted by Crippen LogP contribution is 2.27. The smallest absolute Gasteiger partial charge is 0.322 e. The van der Waals surface area contributed by atoms with Crippen LogP contribution in [0.25, 0.3) is 0 Å². The molecule has 0 aromatic rings. The van der Waals surface area contributed by atoms with Crippen LogP contribution in [-0.4, -0.2) is 66.2 Å². The van der Waals surface area contributed by atoms with E-state index in [0.717, 1.165) is 4.90 Å². The van der Waals surface area contributed by atoms with Gasteiger partial charge in [0.1, 0.15) is 5.60 Å². The zero-order valence-corrected chi connectivity index (χ0v) is 20.2. The van der Waals surface area contributed by atoms with E-state index in [2.05, 4.69) is 0 Å². The molecule has 0 bridgehead atoms. The minimum absolute atomic E-state index is 0.0575. The first-order chi connectivity index (χ1) is 13.2. The molecule has 178 valence electrons. The SMILES string of the molecule is CC(C)(C)OC(=O)C1CN(C(F)=C(F)F)C1.CN(C)C(OC(C)(C)C)OC(C)(C)C. The lowest BCUT2D eigenvalue weighted by atomic mass is 10.0. The normalized spacial score (nSPS) is 15.5. The molecule has 1 aliphatic heterocycles. The van der Waals surface area contributed by atoms with Crippen LogP contribution in [0.3, 0.4) is 0 Å². The zero-order valence-electron chi connectivity index (χ0n) is 20.2. The Hall–Kier alpha value is -1.32. The van der Waals surface area contributed by atoms with Crippen molar-refractivity contribution in [1.29, 1.82) is 0 Å². The van der Waals surface area contributed by atoms with E-state index in [1.807, 2.05) is 60.5 Å². The first-order valence-electron chi connectivity index (χ1n) is 9.92. The van der Waals surface area contributed by atoms with Gasteiger partial charge < -0.3 is 19.1 Å². The molecule has 0 saturated carbocycles. The predicted octanol–water partition coefficient (Wildman–Crippen LogP) is 4.76. The molecular formula is C21H39F3N2O4. The van der Waals surface area contributed by atoms with Gasteiger partial charge in [0.25, 0.3) is 5.95 Å². The van der Waals surface area contributed by atoms with Crippen molar-refractivity contribution in [2.24, 2.45) is 5.92 Å². The maximum Gasteiger partial charge on any atom is 0.322 e. The predicted molar refractivity (Wildman–Crippen MR) is 110 cm³/mol. The topological polar surface area (TPSA) is 51.2 Å². The van der Waals surface area contributed by atoms with Gasteiger partial charge in [0.2, 0.25) is 6.41 Å². The van der Waals surface area contributed by atoms with Gasteiger partial charge in [-0.3, -0.25) is 9.69 Å². The van der Waals surface area contributed by atoms with Crippen LogP contribution in [0.1, 0.15) is 62.3 Å². The largest absolute Gasteiger partial charge is 0.460 e. The van der Waals surface area contributed by atoms with Crippen molar-refractivity contribution in [3.8, 4) is 0 Å². The van der Waals surface area contributed by atoms with Gasteiger partial charge in [-0.25, -0.2) is 0 Å². The van der Waals surface area contributed by atoms with Crippen molar-refractivity contribution in [1.82, 2.24) is 9.80 Å². The number of carbonyl (C=O) groups excluding carboxylic acids is 1. The van der Waals surface area contributed by atoms with Crippen molar-refractivity contribution < 1.29 is 32.2 Å². The molecule has 0 spiro atoms. The quantitative estimate of drug-likeness (QED) is 0.349. The average molecular weight is 441 g/mol. The van der Waals surface area contributed by atoms with E-state index < -0.39 is 29.5 Å². The third-order valence-corrected chi connectivity index (χ3v) is 3.39. The van der Waals surface area contributed by atoms with Gasteiger partial charge in [-0.15, -0.1) is 0 Å². The highest BCUT2D eigenvalue weighted by atomic mass is 19.3. The average Bonchev–Trinajstić information content (AvgIpc) is 2.40. The lowest BCUT2D eigenvalue weighted by Crippen LogP contribution is -2.50. The third kappa shape index (κ3) is 12.4. The molecule has 1 rings (SSSR count). The summed E-state index contributed by atoms with van der Waals surface area (Å²) in [5, 5.41) is 0. The van der Waals surface area contributed by atoms with Gasteiger partial charge in [-0.1, -0.05) is 0 Å². The standard InChI is InChI=1S/C11H25NO2.C10H14F3NO2/c1-10(2,3)13-9(12(7)8)14-11(4,5)6;1-10(2,3)16-9(15)6-4-14(5-6)8(13)7(11)12/h9H,1-8H3;6H,4-5H2,1-3H3. The third-order valence-electron chi connectivity index (χ3n) is 3.39. The molecule has 0 aromatic carbocycles. The summed E-state index contributed by atoms with van der Waals surface area (Å²) in [7, 11) is 3.89. The van der Waals surface area contributed by atoms with Gasteiger partial charge in [0, 0.05) is 13.1 Å². The summed E-state index contributed by atoms with van der Waals surface area (Å²) in [4.78, 5) is 14.1. The maximum atomic E-state index is 12.6. The Labute approximate surface area is 179 Å². The second kappa shape index (κ2) is 10.8. The monoisotopic (exact) mass is 440 g/mol. The lowest BCUT2D eigenvalue weighted by molar-refractivity contribution is -0.285. The number of nitrogens with zero attached hydrogens (tertiary/aromatic N) is 2. The van der Waals surface area contributed by atoms with E-state index in [0.29, 0.717) is 0 Å². The summed E-state index contributed by atoms with van der Waals surface area (Å²) in [6.07, 6.45) is -2.65. The Morgan fingerprint density at radius 1 is 0.867 bits per heavy atom. The molecule has 0 unspecified atom stereocenters. The van der Waals surface area contributed by atoms with Gasteiger partial charge in [0.05, 0.1) is 17.1 Å². The molecule has 0 aromatic heterocycles. The summed E-state index contributed by atoms with van der Waals surface area (Å²) < 4.78 is 52.9. The van der Waals surface area contributed by atoms with Gasteiger partial charge >= 0.3 is 12.0 Å². The minimum Gasteiger partial charge on any atom is -0.460 e. The number of carbonyl (C=O) groups is 1. The Balaban J connectivity index is 0.000000567. The molecule has 0 atom stereocenters. The molecule has 1 aliphatic rings. The van der Waals surface area contributed by atoms with E-state index in [1.54, 1.807) is 20.8 Å². The summed E-state index contributed by atoms with van der Waals surface area (Å²) in [6.45, 7) is 17.2. The Bertz CT molecular complexity index is 565. The van der Waals surface area contributed by atoms with Crippen LogP contribution in [0, 0.1) is 5.92 Å². The first-order valence-corrected chi connectivity index (χ1v) is 9.92. The molecule has 0 amide bonds. The van der Waals surface area contributed by atoms with Gasteiger partial charge in [-0.05, 0) is 76.4 Å². The minimum atomic E-state index is -2.36. The number of rotatable bonds is 5. The van der Waals surface area contributed by atoms with E-state index in [-0.39, 0.29) is 30.7 Å². The number of hydrogen-bond donors (Lipinski definition) is 0. The fourth-order valence-corrected chi connectivity index (χ4v) is 2.13. The fraction of sp³-hybridized carbons (Fsp3) is 0.857. The van der Waals surface area contributed by atoms with E-state index >= 15 is 0 Å². The van der Waals surface area contributed by atoms with Crippen molar-refractivity contribution in [2.45, 2.75) is 85.5 Å². The summed E-state index contributed by atoms with van der Waals surface area (Å²) in [6, 6.07) is 0. The number of halogens is 3. The number of likely N-dealkylation sites (tertiary alicyclic amines) is 1. The van der Waals surface area contributed by atoms with Gasteiger partial charge in [0.15, 0.2) is 0 Å². The van der Waals surface area contributed by atoms with Crippen LogP contribution >= 0.6 is 0 Å². The Morgan fingerprint density at radius 3 is 1.53 bits per heavy atom. The molecule has 1 fully saturated rings. The molecule has 6 nitrogen and oxygen atoms in total. The molecular weight excluding hydrogens is 401 g/mol. The zero-order chi connectivity index (χ0) is 24.1. The molecule has 1 saturated heterocycles. The number of ether oxygens (including phenoxy) is 3. The highest BCUT2D eigenvalue weighted by Gasteiger charge is 2.38. The first kappa shape index (κ1) is 28.7. The van der Waals surface area contributed by atoms with Crippen molar-refractivity contribution in [3.63, 3.8) is 0 Å². The van der Waals surface area contributed by atoms with Crippen LogP contribution in [0.15, 0.2) is 12.0 Å². The Kier molecular flexibility index (Phi) is 10.3.